The van der Waals surface area contributed by atoms with Gasteiger partial charge in [-0.2, -0.15) is 0 Å². The monoisotopic (exact) mass is 463 g/mol. The standard InChI is InChI=1S/C24H22N4O2S2/c1-28(24(32)17-11-6-3-7-12-17)27-22(30)19-14-8-13-18(20(19)21(25)29)15-26-23(31)16-9-4-2-5-10-16/h2-14H,15H2,1H3,(H2,25,29)(H,26,31)(H,27,30)/p+1. The van der Waals surface area contributed by atoms with Crippen LogP contribution in [0.3, 0.4) is 0 Å². The first-order valence-electron chi connectivity index (χ1n) is 9.84. The van der Waals surface area contributed by atoms with E-state index in [2.05, 4.69) is 16.5 Å². The number of hydrogen-bond donors (Lipinski definition) is 3. The second-order valence-corrected chi connectivity index (χ2v) is 7.78. The topological polar surface area (TPSA) is 89.1 Å². The van der Waals surface area contributed by atoms with Crippen molar-refractivity contribution in [1.82, 2.24) is 15.8 Å². The number of carbonyl (C=O) groups is 2. The van der Waals surface area contributed by atoms with Crippen LogP contribution >= 0.6 is 24.4 Å². The molecule has 0 saturated heterocycles. The lowest BCUT2D eigenvalue weighted by molar-refractivity contribution is -0.255. The van der Waals surface area contributed by atoms with E-state index in [1.54, 1.807) is 25.2 Å². The lowest BCUT2D eigenvalue weighted by Gasteiger charge is -2.22. The molecular weight excluding hydrogens is 440 g/mol. The van der Waals surface area contributed by atoms with Gasteiger partial charge >= 0.3 is 5.91 Å². The number of benzene rings is 3. The summed E-state index contributed by atoms with van der Waals surface area (Å²) in [5.41, 5.74) is 9.03. The number of carbonyl (C=O) groups excluding carboxylic acids is 2. The molecule has 8 heteroatoms. The predicted octanol–water partition coefficient (Wildman–Crippen LogP) is 2.49. The molecule has 162 valence electrons. The van der Waals surface area contributed by atoms with E-state index in [4.69, 9.17) is 24.4 Å². The van der Waals surface area contributed by atoms with Crippen LogP contribution in [0, 0.1) is 0 Å². The first-order valence-corrected chi connectivity index (χ1v) is 10.7. The van der Waals surface area contributed by atoms with Gasteiger partial charge in [0.25, 0.3) is 5.91 Å². The Hall–Kier alpha value is -3.46. The molecule has 3 aromatic carbocycles. The molecular formula is C24H23N4O2S2+. The molecule has 0 aromatic heterocycles. The van der Waals surface area contributed by atoms with E-state index in [1.165, 1.54) is 5.01 Å². The number of hydrazine groups is 1. The summed E-state index contributed by atoms with van der Waals surface area (Å²) in [5.74, 6) is -0.906. The number of hydrogen-bond acceptors (Lipinski definition) is 4. The SMILES string of the molecule is CN(NC(=O)c1cccc(CNC(=S)c2ccccc2)c1C([NH3+])=O)C(=S)c1ccccc1. The molecule has 0 saturated carbocycles. The molecule has 0 heterocycles. The highest BCUT2D eigenvalue weighted by Gasteiger charge is 2.23. The fourth-order valence-electron chi connectivity index (χ4n) is 3.17. The third kappa shape index (κ3) is 5.61. The minimum absolute atomic E-state index is 0.220. The summed E-state index contributed by atoms with van der Waals surface area (Å²) in [6.07, 6.45) is 0. The van der Waals surface area contributed by atoms with E-state index < -0.39 is 11.8 Å². The van der Waals surface area contributed by atoms with E-state index in [0.29, 0.717) is 15.5 Å². The Kier molecular flexibility index (Phi) is 7.77. The Labute approximate surface area is 197 Å². The number of nitrogens with one attached hydrogen (secondary N) is 2. The summed E-state index contributed by atoms with van der Waals surface area (Å²) >= 11 is 10.9. The van der Waals surface area contributed by atoms with Crippen LogP contribution in [0.2, 0.25) is 0 Å². The van der Waals surface area contributed by atoms with Crippen molar-refractivity contribution in [2.45, 2.75) is 6.54 Å². The molecule has 0 aliphatic carbocycles. The van der Waals surface area contributed by atoms with Gasteiger partial charge in [0.1, 0.15) is 9.98 Å². The smallest absolute Gasteiger partial charge is 0.342 e. The van der Waals surface area contributed by atoms with E-state index >= 15 is 0 Å². The molecule has 6 nitrogen and oxygen atoms in total. The maximum Gasteiger partial charge on any atom is 0.342 e. The van der Waals surface area contributed by atoms with Crippen molar-refractivity contribution >= 4 is 46.2 Å². The summed E-state index contributed by atoms with van der Waals surface area (Å²) in [6, 6.07) is 23.9. The number of amides is 2. The van der Waals surface area contributed by atoms with Crippen LogP contribution in [-0.2, 0) is 6.54 Å². The average molecular weight is 464 g/mol. The number of quaternary nitrogens is 1. The minimum Gasteiger partial charge on any atom is -0.372 e. The van der Waals surface area contributed by atoms with Gasteiger partial charge in [-0.15, -0.1) is 0 Å². The average Bonchev–Trinajstić information content (AvgIpc) is 2.82. The zero-order valence-corrected chi connectivity index (χ0v) is 19.1. The molecule has 5 N–H and O–H groups in total. The lowest BCUT2D eigenvalue weighted by atomic mass is 9.99. The van der Waals surface area contributed by atoms with Crippen LogP contribution in [0.5, 0.6) is 0 Å². The Balaban J connectivity index is 1.77. The molecule has 0 spiro atoms. The largest absolute Gasteiger partial charge is 0.372 e. The summed E-state index contributed by atoms with van der Waals surface area (Å²) < 4.78 is 0. The molecule has 0 radical (unpaired) electrons. The second-order valence-electron chi connectivity index (χ2n) is 6.98. The molecule has 3 rings (SSSR count). The Morgan fingerprint density at radius 3 is 2.06 bits per heavy atom. The molecule has 0 atom stereocenters. The van der Waals surface area contributed by atoms with Crippen molar-refractivity contribution in [2.75, 3.05) is 7.05 Å². The third-order valence-electron chi connectivity index (χ3n) is 4.74. The number of thiocarbonyl (C=S) groups is 2. The second kappa shape index (κ2) is 10.7. The number of nitrogens with zero attached hydrogens (tertiary/aromatic N) is 1. The summed E-state index contributed by atoms with van der Waals surface area (Å²) in [6.45, 7) is 0.281. The van der Waals surface area contributed by atoms with Crippen molar-refractivity contribution in [3.8, 4) is 0 Å². The molecule has 32 heavy (non-hydrogen) atoms. The van der Waals surface area contributed by atoms with Gasteiger partial charge in [-0.1, -0.05) is 97.2 Å². The highest BCUT2D eigenvalue weighted by atomic mass is 32.1. The minimum atomic E-state index is -0.453. The number of rotatable bonds is 6. The lowest BCUT2D eigenvalue weighted by Crippen LogP contribution is -2.58. The highest BCUT2D eigenvalue weighted by Crippen LogP contribution is 2.15. The maximum atomic E-state index is 13.0. The Morgan fingerprint density at radius 1 is 0.875 bits per heavy atom. The van der Waals surface area contributed by atoms with Crippen LogP contribution in [-0.4, -0.2) is 33.8 Å². The first-order chi connectivity index (χ1) is 15.4. The normalized spacial score (nSPS) is 10.2. The predicted molar refractivity (Wildman–Crippen MR) is 132 cm³/mol. The fourth-order valence-corrected chi connectivity index (χ4v) is 3.56. The van der Waals surface area contributed by atoms with Gasteiger partial charge in [-0.3, -0.25) is 21.0 Å². The van der Waals surface area contributed by atoms with E-state index in [1.807, 2.05) is 60.7 Å². The Morgan fingerprint density at radius 2 is 1.47 bits per heavy atom. The van der Waals surface area contributed by atoms with E-state index in [0.717, 1.165) is 11.1 Å². The van der Waals surface area contributed by atoms with Gasteiger partial charge in [-0.05, 0) is 11.6 Å². The van der Waals surface area contributed by atoms with Crippen molar-refractivity contribution in [1.29, 1.82) is 0 Å². The molecule has 0 fully saturated rings. The van der Waals surface area contributed by atoms with Gasteiger partial charge in [0.2, 0.25) is 0 Å². The van der Waals surface area contributed by atoms with Crippen LogP contribution in [0.25, 0.3) is 0 Å². The molecule has 0 aliphatic rings. The highest BCUT2D eigenvalue weighted by molar-refractivity contribution is 7.81. The van der Waals surface area contributed by atoms with Gasteiger partial charge in [-0.25, -0.2) is 4.79 Å². The Bertz CT molecular complexity index is 1150. The van der Waals surface area contributed by atoms with Crippen molar-refractivity contribution in [3.63, 3.8) is 0 Å². The molecule has 2 amide bonds. The summed E-state index contributed by atoms with van der Waals surface area (Å²) in [5, 5.41) is 4.60. The maximum absolute atomic E-state index is 13.0. The van der Waals surface area contributed by atoms with E-state index in [-0.39, 0.29) is 17.7 Å². The molecule has 0 unspecified atom stereocenters. The van der Waals surface area contributed by atoms with Crippen molar-refractivity contribution in [2.24, 2.45) is 0 Å². The zero-order valence-electron chi connectivity index (χ0n) is 17.5. The zero-order chi connectivity index (χ0) is 23.1. The summed E-state index contributed by atoms with van der Waals surface area (Å²) in [4.78, 5) is 26.3. The van der Waals surface area contributed by atoms with Crippen LogP contribution in [0.4, 0.5) is 0 Å². The van der Waals surface area contributed by atoms with Gasteiger partial charge in [0.15, 0.2) is 0 Å². The van der Waals surface area contributed by atoms with Gasteiger partial charge in [0.05, 0.1) is 11.1 Å². The van der Waals surface area contributed by atoms with Crippen molar-refractivity contribution < 1.29 is 15.3 Å². The third-order valence-corrected chi connectivity index (χ3v) is 5.63. The van der Waals surface area contributed by atoms with Gasteiger partial charge in [0, 0.05) is 24.7 Å². The van der Waals surface area contributed by atoms with Crippen LogP contribution in [0.15, 0.2) is 78.9 Å². The molecule has 0 bridgehead atoms. The quantitative estimate of drug-likeness (QED) is 0.385. The van der Waals surface area contributed by atoms with Gasteiger partial charge < -0.3 is 5.32 Å². The molecule has 0 aliphatic heterocycles. The first kappa shape index (κ1) is 23.2. The van der Waals surface area contributed by atoms with Crippen LogP contribution in [0.1, 0.15) is 37.4 Å². The summed E-state index contributed by atoms with van der Waals surface area (Å²) in [7, 11) is 1.66. The van der Waals surface area contributed by atoms with E-state index in [9.17, 15) is 9.59 Å². The fraction of sp³-hybridized carbons (Fsp3) is 0.0833. The van der Waals surface area contributed by atoms with Crippen molar-refractivity contribution in [3.05, 3.63) is 107 Å². The molecule has 3 aromatic rings. The van der Waals surface area contributed by atoms with Crippen LogP contribution < -0.4 is 16.5 Å².